The molecule has 1 heterocycles. The summed E-state index contributed by atoms with van der Waals surface area (Å²) in [5, 5.41) is 11.9. The van der Waals surface area contributed by atoms with Gasteiger partial charge in [-0.15, -0.1) is 12.4 Å². The van der Waals surface area contributed by atoms with Crippen molar-refractivity contribution in [3.8, 4) is 0 Å². The second kappa shape index (κ2) is 6.95. The fourth-order valence-corrected chi connectivity index (χ4v) is 2.49. The van der Waals surface area contributed by atoms with Crippen LogP contribution in [0.2, 0.25) is 0 Å². The molecule has 0 bridgehead atoms. The van der Waals surface area contributed by atoms with Gasteiger partial charge in [0.2, 0.25) is 5.91 Å². The van der Waals surface area contributed by atoms with Crippen LogP contribution in [0.3, 0.4) is 0 Å². The quantitative estimate of drug-likeness (QED) is 0.782. The van der Waals surface area contributed by atoms with E-state index in [9.17, 15) is 9.59 Å². The van der Waals surface area contributed by atoms with Crippen molar-refractivity contribution < 1.29 is 14.7 Å². The van der Waals surface area contributed by atoms with Crippen molar-refractivity contribution in [3.05, 3.63) is 0 Å². The Morgan fingerprint density at radius 1 is 1.22 bits per heavy atom. The zero-order valence-corrected chi connectivity index (χ0v) is 11.2. The van der Waals surface area contributed by atoms with Crippen molar-refractivity contribution in [2.24, 2.45) is 5.92 Å². The summed E-state index contributed by atoms with van der Waals surface area (Å²) in [6.07, 6.45) is 5.22. The molecule has 104 valence electrons. The normalized spacial score (nSPS) is 24.1. The monoisotopic (exact) mass is 276 g/mol. The third-order valence-electron chi connectivity index (χ3n) is 3.81. The van der Waals surface area contributed by atoms with Crippen molar-refractivity contribution in [2.45, 2.75) is 38.1 Å². The maximum atomic E-state index is 11.7. The van der Waals surface area contributed by atoms with E-state index in [1.807, 2.05) is 0 Å². The highest BCUT2D eigenvalue weighted by molar-refractivity contribution is 5.85. The number of carbonyl (C=O) groups excluding carboxylic acids is 1. The van der Waals surface area contributed by atoms with Crippen LogP contribution in [-0.4, -0.2) is 47.6 Å². The zero-order valence-electron chi connectivity index (χ0n) is 10.4. The molecule has 0 radical (unpaired) electrons. The van der Waals surface area contributed by atoms with Crippen LogP contribution in [0.4, 0.5) is 0 Å². The van der Waals surface area contributed by atoms with E-state index in [4.69, 9.17) is 5.11 Å². The predicted molar refractivity (Wildman–Crippen MR) is 69.8 cm³/mol. The molecule has 0 aromatic heterocycles. The first kappa shape index (κ1) is 15.2. The Labute approximate surface area is 113 Å². The van der Waals surface area contributed by atoms with Gasteiger partial charge in [-0.05, 0) is 38.1 Å². The number of carboxylic acid groups (broad SMARTS) is 1. The minimum absolute atomic E-state index is 0. The Balaban J connectivity index is 0.00000162. The highest BCUT2D eigenvalue weighted by atomic mass is 35.5. The molecule has 2 fully saturated rings. The molecule has 18 heavy (non-hydrogen) atoms. The van der Waals surface area contributed by atoms with E-state index in [2.05, 4.69) is 5.32 Å². The van der Waals surface area contributed by atoms with E-state index in [0.29, 0.717) is 18.9 Å². The van der Waals surface area contributed by atoms with E-state index < -0.39 is 12.0 Å². The SMILES string of the molecule is Cl.O=C(CN1CCCC1C(=O)O)NCC1CCC1. The fourth-order valence-electron chi connectivity index (χ4n) is 2.49. The molecule has 2 aliphatic rings. The molecule has 0 spiro atoms. The molecule has 1 saturated heterocycles. The molecular weight excluding hydrogens is 256 g/mol. The molecular formula is C12H21ClN2O3. The van der Waals surface area contributed by atoms with Crippen molar-refractivity contribution in [2.75, 3.05) is 19.6 Å². The summed E-state index contributed by atoms with van der Waals surface area (Å²) in [4.78, 5) is 24.4. The molecule has 5 nitrogen and oxygen atoms in total. The highest BCUT2D eigenvalue weighted by Gasteiger charge is 2.31. The lowest BCUT2D eigenvalue weighted by atomic mass is 9.85. The lowest BCUT2D eigenvalue weighted by molar-refractivity contribution is -0.142. The van der Waals surface area contributed by atoms with Crippen molar-refractivity contribution >= 4 is 24.3 Å². The average molecular weight is 277 g/mol. The molecule has 1 aliphatic heterocycles. The summed E-state index contributed by atoms with van der Waals surface area (Å²) in [5.74, 6) is -0.202. The fraction of sp³-hybridized carbons (Fsp3) is 0.833. The number of aliphatic carboxylic acids is 1. The third kappa shape index (κ3) is 3.85. The molecule has 2 rings (SSSR count). The zero-order chi connectivity index (χ0) is 12.3. The van der Waals surface area contributed by atoms with Gasteiger partial charge in [0.05, 0.1) is 6.54 Å². The van der Waals surface area contributed by atoms with E-state index in [-0.39, 0.29) is 24.9 Å². The number of carboxylic acids is 1. The van der Waals surface area contributed by atoms with Crippen LogP contribution < -0.4 is 5.32 Å². The first-order valence-electron chi connectivity index (χ1n) is 6.40. The third-order valence-corrected chi connectivity index (χ3v) is 3.81. The van der Waals surface area contributed by atoms with Crippen LogP contribution in [-0.2, 0) is 9.59 Å². The van der Waals surface area contributed by atoms with E-state index in [1.165, 1.54) is 19.3 Å². The number of carbonyl (C=O) groups is 2. The Hall–Kier alpha value is -0.810. The average Bonchev–Trinajstić information content (AvgIpc) is 2.63. The summed E-state index contributed by atoms with van der Waals surface area (Å²) >= 11 is 0. The van der Waals surface area contributed by atoms with Crippen LogP contribution in [0.15, 0.2) is 0 Å². The van der Waals surface area contributed by atoms with E-state index in [0.717, 1.165) is 13.0 Å². The van der Waals surface area contributed by atoms with Crippen LogP contribution in [0.25, 0.3) is 0 Å². The Bertz CT molecular complexity index is 308. The van der Waals surface area contributed by atoms with Gasteiger partial charge in [-0.25, -0.2) is 0 Å². The summed E-state index contributed by atoms with van der Waals surface area (Å²) in [6.45, 7) is 1.70. The van der Waals surface area contributed by atoms with Gasteiger partial charge in [-0.2, -0.15) is 0 Å². The van der Waals surface area contributed by atoms with Gasteiger partial charge in [0.15, 0.2) is 0 Å². The van der Waals surface area contributed by atoms with E-state index >= 15 is 0 Å². The maximum Gasteiger partial charge on any atom is 0.320 e. The van der Waals surface area contributed by atoms with Gasteiger partial charge in [-0.3, -0.25) is 14.5 Å². The second-order valence-electron chi connectivity index (χ2n) is 5.07. The number of hydrogen-bond acceptors (Lipinski definition) is 3. The standard InChI is InChI=1S/C12H20N2O3.ClH/c15-11(13-7-9-3-1-4-9)8-14-6-2-5-10(14)12(16)17;/h9-10H,1-8H2,(H,13,15)(H,16,17);1H. The minimum atomic E-state index is -0.811. The van der Waals surface area contributed by atoms with Crippen LogP contribution in [0.5, 0.6) is 0 Å². The number of amides is 1. The van der Waals surface area contributed by atoms with Crippen LogP contribution in [0, 0.1) is 5.92 Å². The number of hydrogen-bond donors (Lipinski definition) is 2. The number of halogens is 1. The van der Waals surface area contributed by atoms with Gasteiger partial charge in [0.25, 0.3) is 0 Å². The molecule has 6 heteroatoms. The summed E-state index contributed by atoms with van der Waals surface area (Å²) < 4.78 is 0. The van der Waals surface area contributed by atoms with Crippen molar-refractivity contribution in [1.29, 1.82) is 0 Å². The van der Waals surface area contributed by atoms with Crippen molar-refractivity contribution in [1.82, 2.24) is 10.2 Å². The molecule has 2 N–H and O–H groups in total. The molecule has 1 amide bonds. The van der Waals surface area contributed by atoms with E-state index in [1.54, 1.807) is 4.90 Å². The summed E-state index contributed by atoms with van der Waals surface area (Å²) in [6, 6.07) is -0.468. The summed E-state index contributed by atoms with van der Waals surface area (Å²) in [5.41, 5.74) is 0. The topological polar surface area (TPSA) is 69.6 Å². The van der Waals surface area contributed by atoms with Gasteiger partial charge < -0.3 is 10.4 Å². The minimum Gasteiger partial charge on any atom is -0.480 e. The Morgan fingerprint density at radius 3 is 2.50 bits per heavy atom. The lowest BCUT2D eigenvalue weighted by Gasteiger charge is -2.26. The molecule has 1 atom stereocenters. The number of likely N-dealkylation sites (tertiary alicyclic amines) is 1. The number of rotatable bonds is 5. The molecule has 1 unspecified atom stereocenters. The first-order valence-corrected chi connectivity index (χ1v) is 6.40. The lowest BCUT2D eigenvalue weighted by Crippen LogP contribution is -2.44. The van der Waals surface area contributed by atoms with Gasteiger partial charge in [0.1, 0.15) is 6.04 Å². The Morgan fingerprint density at radius 2 is 1.94 bits per heavy atom. The predicted octanol–water partition coefficient (Wildman–Crippen LogP) is 0.873. The summed E-state index contributed by atoms with van der Waals surface area (Å²) in [7, 11) is 0. The van der Waals surface area contributed by atoms with Gasteiger partial charge in [0, 0.05) is 6.54 Å². The maximum absolute atomic E-state index is 11.7. The van der Waals surface area contributed by atoms with Crippen LogP contribution in [0.1, 0.15) is 32.1 Å². The first-order chi connectivity index (χ1) is 8.16. The molecule has 1 aliphatic carbocycles. The van der Waals surface area contributed by atoms with Crippen LogP contribution >= 0.6 is 12.4 Å². The number of nitrogens with one attached hydrogen (secondary N) is 1. The van der Waals surface area contributed by atoms with Gasteiger partial charge in [-0.1, -0.05) is 6.42 Å². The van der Waals surface area contributed by atoms with Crippen molar-refractivity contribution in [3.63, 3.8) is 0 Å². The number of nitrogens with zero attached hydrogens (tertiary/aromatic N) is 1. The molecule has 0 aromatic rings. The largest absolute Gasteiger partial charge is 0.480 e. The highest BCUT2D eigenvalue weighted by Crippen LogP contribution is 2.25. The smallest absolute Gasteiger partial charge is 0.320 e. The second-order valence-corrected chi connectivity index (χ2v) is 5.07. The molecule has 0 aromatic carbocycles. The van der Waals surface area contributed by atoms with Gasteiger partial charge >= 0.3 is 5.97 Å². The molecule has 1 saturated carbocycles. The Kier molecular flexibility index (Phi) is 5.88.